The molecule has 8 nitrogen and oxygen atoms in total. The van der Waals surface area contributed by atoms with E-state index >= 15 is 0 Å². The van der Waals surface area contributed by atoms with Crippen molar-refractivity contribution < 1.29 is 13.2 Å². The zero-order valence-electron chi connectivity index (χ0n) is 20.8. The van der Waals surface area contributed by atoms with Crippen LogP contribution in [0.2, 0.25) is 0 Å². The zero-order valence-corrected chi connectivity index (χ0v) is 21.6. The van der Waals surface area contributed by atoms with Crippen molar-refractivity contribution in [1.29, 1.82) is 0 Å². The minimum absolute atomic E-state index is 0.0447. The van der Waals surface area contributed by atoms with E-state index in [1.165, 1.54) is 12.1 Å². The quantitative estimate of drug-likeness (QED) is 0.378. The maximum Gasteiger partial charge on any atom is 0.328 e. The van der Waals surface area contributed by atoms with Crippen LogP contribution < -0.4 is 10.0 Å². The summed E-state index contributed by atoms with van der Waals surface area (Å²) in [7, 11) is -3.92. The van der Waals surface area contributed by atoms with Crippen LogP contribution in [0, 0.1) is 20.8 Å². The Kier molecular flexibility index (Phi) is 6.39. The number of hydrogen-bond acceptors (Lipinski definition) is 5. The van der Waals surface area contributed by atoms with Crippen molar-refractivity contribution in [2.75, 3.05) is 6.54 Å². The maximum absolute atomic E-state index is 12.4. The van der Waals surface area contributed by atoms with Gasteiger partial charge in [0.25, 0.3) is 10.0 Å². The molecule has 0 fully saturated rings. The summed E-state index contributed by atoms with van der Waals surface area (Å²) in [6.07, 6.45) is 6.59. The summed E-state index contributed by atoms with van der Waals surface area (Å²) in [6.45, 7) is 6.17. The number of hydrogen-bond donors (Lipinski definition) is 2. The van der Waals surface area contributed by atoms with Gasteiger partial charge in [-0.2, -0.15) is 0 Å². The van der Waals surface area contributed by atoms with Crippen LogP contribution in [0.3, 0.4) is 0 Å². The Morgan fingerprint density at radius 2 is 1.68 bits per heavy atom. The van der Waals surface area contributed by atoms with Gasteiger partial charge in [0.05, 0.1) is 4.90 Å². The van der Waals surface area contributed by atoms with Crippen LogP contribution in [0.25, 0.3) is 22.4 Å². The lowest BCUT2D eigenvalue weighted by molar-refractivity contribution is 0.246. The number of allylic oxidation sites excluding steroid dienone is 4. The average Bonchev–Trinajstić information content (AvgIpc) is 3.17. The summed E-state index contributed by atoms with van der Waals surface area (Å²) in [5.74, 6) is 0.847. The van der Waals surface area contributed by atoms with E-state index in [1.54, 1.807) is 12.1 Å². The molecule has 2 aromatic heterocycles. The Morgan fingerprint density at radius 1 is 0.973 bits per heavy atom. The molecule has 0 saturated carbocycles. The standard InChI is InChI=1S/C28H27N5O3S/c1-18-7-13-24(14-8-18)37(35,36)32-28(34)29-16-15-21-9-11-23(12-10-21)33-26(22-5-4-6-22)31-25-19(2)17-20(3)30-27(25)33/h4-14,17H,15-16H2,1-3H3,(H2,29,32,34). The van der Waals surface area contributed by atoms with Crippen molar-refractivity contribution in [2.45, 2.75) is 32.1 Å². The highest BCUT2D eigenvalue weighted by Gasteiger charge is 2.20. The first-order valence-corrected chi connectivity index (χ1v) is 13.4. The fraction of sp³-hybridized carbons (Fsp3) is 0.179. The van der Waals surface area contributed by atoms with Crippen LogP contribution in [-0.4, -0.2) is 35.5 Å². The van der Waals surface area contributed by atoms with Crippen LogP contribution in [-0.2, 0) is 16.4 Å². The topological polar surface area (TPSA) is 106 Å². The van der Waals surface area contributed by atoms with Gasteiger partial charge in [0.1, 0.15) is 11.3 Å². The molecule has 0 saturated heterocycles. The van der Waals surface area contributed by atoms with E-state index in [0.717, 1.165) is 50.6 Å². The Morgan fingerprint density at radius 3 is 2.32 bits per heavy atom. The van der Waals surface area contributed by atoms with Gasteiger partial charge in [0, 0.05) is 23.5 Å². The first-order chi connectivity index (χ1) is 17.7. The predicted molar refractivity (Wildman–Crippen MR) is 144 cm³/mol. The maximum atomic E-state index is 12.4. The molecule has 188 valence electrons. The van der Waals surface area contributed by atoms with E-state index in [1.807, 2.05) is 69.3 Å². The molecule has 1 aliphatic rings. The third-order valence-electron chi connectivity index (χ3n) is 6.20. The van der Waals surface area contributed by atoms with Gasteiger partial charge in [0.2, 0.25) is 0 Å². The van der Waals surface area contributed by atoms with E-state index < -0.39 is 16.1 Å². The molecule has 2 aromatic carbocycles. The first-order valence-electron chi connectivity index (χ1n) is 11.9. The van der Waals surface area contributed by atoms with Crippen molar-refractivity contribution in [1.82, 2.24) is 24.6 Å². The Balaban J connectivity index is 1.27. The SMILES string of the molecule is Cc1ccc(S(=O)(=O)NC(=O)NCCc2ccc(-n3c(C4=CC=C4)nc4c(C)cc(C)nc43)cc2)cc1. The number of pyridine rings is 1. The van der Waals surface area contributed by atoms with Crippen LogP contribution >= 0.6 is 0 Å². The number of fused-ring (bicyclic) bond motifs is 1. The second-order valence-electron chi connectivity index (χ2n) is 9.10. The number of nitrogens with zero attached hydrogens (tertiary/aromatic N) is 3. The average molecular weight is 514 g/mol. The molecular weight excluding hydrogens is 486 g/mol. The highest BCUT2D eigenvalue weighted by molar-refractivity contribution is 7.90. The van der Waals surface area contributed by atoms with E-state index in [-0.39, 0.29) is 11.4 Å². The largest absolute Gasteiger partial charge is 0.337 e. The Labute approximate surface area is 215 Å². The highest BCUT2D eigenvalue weighted by Crippen LogP contribution is 2.30. The van der Waals surface area contributed by atoms with Crippen LogP contribution in [0.1, 0.15) is 28.2 Å². The van der Waals surface area contributed by atoms with Gasteiger partial charge >= 0.3 is 6.03 Å². The minimum Gasteiger partial charge on any atom is -0.337 e. The van der Waals surface area contributed by atoms with Gasteiger partial charge in [-0.3, -0.25) is 4.57 Å². The number of rotatable bonds is 7. The van der Waals surface area contributed by atoms with Gasteiger partial charge in [-0.15, -0.1) is 0 Å². The number of aryl methyl sites for hydroxylation is 3. The molecule has 0 radical (unpaired) electrons. The lowest BCUT2D eigenvalue weighted by atomic mass is 10.1. The predicted octanol–water partition coefficient (Wildman–Crippen LogP) is 4.53. The third-order valence-corrected chi connectivity index (χ3v) is 7.54. The molecule has 4 aromatic rings. The molecule has 0 atom stereocenters. The second kappa shape index (κ2) is 9.67. The summed E-state index contributed by atoms with van der Waals surface area (Å²) < 4.78 is 28.9. The molecule has 0 aliphatic heterocycles. The van der Waals surface area contributed by atoms with E-state index in [0.29, 0.717) is 6.42 Å². The number of carbonyl (C=O) groups excluding carboxylic acids is 1. The molecule has 5 rings (SSSR count). The smallest absolute Gasteiger partial charge is 0.328 e. The van der Waals surface area contributed by atoms with Crippen molar-refractivity contribution in [3.63, 3.8) is 0 Å². The van der Waals surface area contributed by atoms with Crippen molar-refractivity contribution in [3.05, 3.63) is 101 Å². The monoisotopic (exact) mass is 513 g/mol. The Hall–Kier alpha value is -4.24. The molecule has 37 heavy (non-hydrogen) atoms. The molecule has 0 unspecified atom stereocenters. The summed E-state index contributed by atoms with van der Waals surface area (Å²) in [6, 6.07) is 15.6. The summed E-state index contributed by atoms with van der Waals surface area (Å²) in [4.78, 5) is 21.9. The lowest BCUT2D eigenvalue weighted by Crippen LogP contribution is -2.40. The van der Waals surface area contributed by atoms with E-state index in [2.05, 4.69) is 14.6 Å². The van der Waals surface area contributed by atoms with Crippen molar-refractivity contribution in [3.8, 4) is 5.69 Å². The number of aromatic nitrogens is 3. The van der Waals surface area contributed by atoms with Gasteiger partial charge in [-0.25, -0.2) is 27.9 Å². The number of nitrogens with one attached hydrogen (secondary N) is 2. The van der Waals surface area contributed by atoms with E-state index in [9.17, 15) is 13.2 Å². The summed E-state index contributed by atoms with van der Waals surface area (Å²) in [5, 5.41) is 2.62. The summed E-state index contributed by atoms with van der Waals surface area (Å²) in [5.41, 5.74) is 7.63. The Bertz CT molecular complexity index is 1670. The number of carbonyl (C=O) groups is 1. The molecule has 0 spiro atoms. The van der Waals surface area contributed by atoms with Gasteiger partial charge < -0.3 is 5.32 Å². The summed E-state index contributed by atoms with van der Waals surface area (Å²) >= 11 is 0. The number of imidazole rings is 1. The number of amides is 2. The number of urea groups is 1. The molecule has 9 heteroatoms. The van der Waals surface area contributed by atoms with Crippen molar-refractivity contribution in [2.24, 2.45) is 0 Å². The fourth-order valence-corrected chi connectivity index (χ4v) is 5.14. The minimum atomic E-state index is -3.92. The molecular formula is C28H27N5O3S. The van der Waals surface area contributed by atoms with Crippen LogP contribution in [0.5, 0.6) is 0 Å². The van der Waals surface area contributed by atoms with E-state index in [4.69, 9.17) is 9.97 Å². The zero-order chi connectivity index (χ0) is 26.2. The highest BCUT2D eigenvalue weighted by atomic mass is 32.2. The third kappa shape index (κ3) is 5.03. The molecule has 2 heterocycles. The molecule has 2 N–H and O–H groups in total. The molecule has 0 bridgehead atoms. The fourth-order valence-electron chi connectivity index (χ4n) is 4.21. The molecule has 2 amide bonds. The van der Waals surface area contributed by atoms with Crippen molar-refractivity contribution >= 4 is 32.8 Å². The van der Waals surface area contributed by atoms with Gasteiger partial charge in [0.15, 0.2) is 5.65 Å². The number of sulfonamides is 1. The number of benzene rings is 2. The van der Waals surface area contributed by atoms with Gasteiger partial charge in [-0.05, 0) is 68.7 Å². The second-order valence-corrected chi connectivity index (χ2v) is 10.8. The first kappa shape index (κ1) is 24.5. The lowest BCUT2D eigenvalue weighted by Gasteiger charge is -2.13. The normalized spacial score (nSPS) is 12.8. The molecule has 1 aliphatic carbocycles. The van der Waals surface area contributed by atoms with Crippen LogP contribution in [0.15, 0.2) is 77.7 Å². The van der Waals surface area contributed by atoms with Crippen LogP contribution in [0.4, 0.5) is 4.79 Å². The van der Waals surface area contributed by atoms with Gasteiger partial charge in [-0.1, -0.05) is 48.1 Å².